The lowest BCUT2D eigenvalue weighted by Gasteiger charge is -2.34. The standard InChI is InChI=1S/C14H22ClN5O2/c1-14(2,3)22-13(21)19-9-5-4-6-20(7-9)12-10(15)11(16)17-8-18-12/h8-9H,4-7H2,1-3H3,(H,19,21)(H2,16,17,18). The van der Waals surface area contributed by atoms with Gasteiger partial charge in [0.15, 0.2) is 5.82 Å². The van der Waals surface area contributed by atoms with Gasteiger partial charge in [0.1, 0.15) is 22.8 Å². The molecule has 0 aromatic carbocycles. The van der Waals surface area contributed by atoms with Crippen LogP contribution in [0.4, 0.5) is 16.4 Å². The highest BCUT2D eigenvalue weighted by atomic mass is 35.5. The van der Waals surface area contributed by atoms with Gasteiger partial charge in [-0.1, -0.05) is 11.6 Å². The van der Waals surface area contributed by atoms with Crippen molar-refractivity contribution in [3.05, 3.63) is 11.3 Å². The lowest BCUT2D eigenvalue weighted by atomic mass is 10.1. The van der Waals surface area contributed by atoms with Gasteiger partial charge < -0.3 is 20.7 Å². The third-order valence-corrected chi connectivity index (χ3v) is 3.60. The topological polar surface area (TPSA) is 93.4 Å². The van der Waals surface area contributed by atoms with E-state index in [1.165, 1.54) is 6.33 Å². The Balaban J connectivity index is 2.00. The number of anilines is 2. The Hall–Kier alpha value is -1.76. The molecule has 0 saturated carbocycles. The largest absolute Gasteiger partial charge is 0.444 e. The number of ether oxygens (including phenoxy) is 1. The Morgan fingerprint density at radius 2 is 2.23 bits per heavy atom. The van der Waals surface area contributed by atoms with E-state index in [9.17, 15) is 4.79 Å². The summed E-state index contributed by atoms with van der Waals surface area (Å²) in [4.78, 5) is 21.9. The number of carbonyl (C=O) groups excluding carboxylic acids is 1. The quantitative estimate of drug-likeness (QED) is 0.865. The fraction of sp³-hybridized carbons (Fsp3) is 0.643. The highest BCUT2D eigenvalue weighted by Gasteiger charge is 2.26. The summed E-state index contributed by atoms with van der Waals surface area (Å²) in [6, 6.07) is -0.0177. The number of halogens is 1. The molecule has 0 radical (unpaired) electrons. The fourth-order valence-electron chi connectivity index (χ4n) is 2.36. The summed E-state index contributed by atoms with van der Waals surface area (Å²) in [5.74, 6) is 0.860. The summed E-state index contributed by atoms with van der Waals surface area (Å²) in [6.45, 7) is 6.92. The number of rotatable bonds is 2. The van der Waals surface area contributed by atoms with Crippen molar-refractivity contribution < 1.29 is 9.53 Å². The van der Waals surface area contributed by atoms with Crippen LogP contribution in [0, 0.1) is 0 Å². The molecule has 1 saturated heterocycles. The Morgan fingerprint density at radius 3 is 2.91 bits per heavy atom. The van der Waals surface area contributed by atoms with Crippen molar-refractivity contribution >= 4 is 29.3 Å². The van der Waals surface area contributed by atoms with Crippen molar-refractivity contribution in [3.63, 3.8) is 0 Å². The zero-order chi connectivity index (χ0) is 16.3. The second-order valence-corrected chi connectivity index (χ2v) is 6.71. The van der Waals surface area contributed by atoms with Gasteiger partial charge in [-0.2, -0.15) is 0 Å². The predicted octanol–water partition coefficient (Wildman–Crippen LogP) is 2.21. The van der Waals surface area contributed by atoms with Crippen molar-refractivity contribution in [3.8, 4) is 0 Å². The van der Waals surface area contributed by atoms with Crippen LogP contribution in [0.5, 0.6) is 0 Å². The summed E-state index contributed by atoms with van der Waals surface area (Å²) in [6.07, 6.45) is 2.78. The molecule has 1 amide bonds. The van der Waals surface area contributed by atoms with Gasteiger partial charge in [-0.05, 0) is 33.6 Å². The lowest BCUT2D eigenvalue weighted by Crippen LogP contribution is -2.49. The van der Waals surface area contributed by atoms with Gasteiger partial charge in [-0.25, -0.2) is 14.8 Å². The Labute approximate surface area is 135 Å². The Bertz CT molecular complexity index is 547. The first-order valence-corrected chi connectivity index (χ1v) is 7.64. The predicted molar refractivity (Wildman–Crippen MR) is 86.1 cm³/mol. The summed E-state index contributed by atoms with van der Waals surface area (Å²) < 4.78 is 5.28. The first kappa shape index (κ1) is 16.6. The van der Waals surface area contributed by atoms with Crippen LogP contribution < -0.4 is 16.0 Å². The van der Waals surface area contributed by atoms with Crippen LogP contribution >= 0.6 is 11.6 Å². The molecule has 2 heterocycles. The Kier molecular flexibility index (Phi) is 4.95. The van der Waals surface area contributed by atoms with E-state index in [4.69, 9.17) is 22.1 Å². The molecule has 0 aliphatic carbocycles. The second kappa shape index (κ2) is 6.56. The fourth-order valence-corrected chi connectivity index (χ4v) is 2.57. The molecule has 3 N–H and O–H groups in total. The molecule has 122 valence electrons. The SMILES string of the molecule is CC(C)(C)OC(=O)NC1CCCN(c2ncnc(N)c2Cl)C1. The molecule has 1 aliphatic heterocycles. The van der Waals surface area contributed by atoms with Gasteiger partial charge in [0.05, 0.1) is 0 Å². The zero-order valence-electron chi connectivity index (χ0n) is 13.1. The highest BCUT2D eigenvalue weighted by molar-refractivity contribution is 6.35. The van der Waals surface area contributed by atoms with E-state index < -0.39 is 11.7 Å². The van der Waals surface area contributed by atoms with E-state index >= 15 is 0 Å². The maximum absolute atomic E-state index is 11.9. The van der Waals surface area contributed by atoms with Crippen LogP contribution in [0.2, 0.25) is 5.02 Å². The van der Waals surface area contributed by atoms with Gasteiger partial charge in [0.25, 0.3) is 0 Å². The molecule has 1 fully saturated rings. The summed E-state index contributed by atoms with van der Waals surface area (Å²) >= 11 is 6.16. The number of alkyl carbamates (subject to hydrolysis) is 1. The molecule has 1 atom stereocenters. The summed E-state index contributed by atoms with van der Waals surface area (Å²) in [5, 5.41) is 3.24. The monoisotopic (exact) mass is 327 g/mol. The Morgan fingerprint density at radius 1 is 1.50 bits per heavy atom. The molecule has 22 heavy (non-hydrogen) atoms. The summed E-state index contributed by atoms with van der Waals surface area (Å²) in [5.41, 5.74) is 5.20. The van der Waals surface area contributed by atoms with E-state index in [1.807, 2.05) is 25.7 Å². The molecule has 0 bridgehead atoms. The third kappa shape index (κ3) is 4.37. The van der Waals surface area contributed by atoms with Crippen LogP contribution in [-0.2, 0) is 4.74 Å². The van der Waals surface area contributed by atoms with Gasteiger partial charge in [0.2, 0.25) is 0 Å². The maximum atomic E-state index is 11.9. The maximum Gasteiger partial charge on any atom is 0.407 e. The molecule has 7 nitrogen and oxygen atoms in total. The molecule has 2 rings (SSSR count). The molecule has 0 spiro atoms. The van der Waals surface area contributed by atoms with E-state index in [2.05, 4.69) is 15.3 Å². The third-order valence-electron chi connectivity index (χ3n) is 3.24. The first-order chi connectivity index (χ1) is 10.3. The molecule has 1 unspecified atom stereocenters. The number of nitrogen functional groups attached to an aromatic ring is 1. The lowest BCUT2D eigenvalue weighted by molar-refractivity contribution is 0.0500. The number of carbonyl (C=O) groups is 1. The van der Waals surface area contributed by atoms with Crippen molar-refractivity contribution in [2.75, 3.05) is 23.7 Å². The van der Waals surface area contributed by atoms with Crippen molar-refractivity contribution in [1.29, 1.82) is 0 Å². The smallest absolute Gasteiger partial charge is 0.407 e. The number of hydrogen-bond donors (Lipinski definition) is 2. The number of hydrogen-bond acceptors (Lipinski definition) is 6. The van der Waals surface area contributed by atoms with Crippen LogP contribution in [-0.4, -0.2) is 40.8 Å². The van der Waals surface area contributed by atoms with E-state index in [0.29, 0.717) is 17.4 Å². The molecule has 8 heteroatoms. The number of nitrogens with two attached hydrogens (primary N) is 1. The number of nitrogens with zero attached hydrogens (tertiary/aromatic N) is 3. The number of piperidine rings is 1. The first-order valence-electron chi connectivity index (χ1n) is 7.26. The normalized spacial score (nSPS) is 18.9. The van der Waals surface area contributed by atoms with Crippen molar-refractivity contribution in [2.45, 2.75) is 45.3 Å². The van der Waals surface area contributed by atoms with Crippen LogP contribution in [0.15, 0.2) is 6.33 Å². The summed E-state index contributed by atoms with van der Waals surface area (Å²) in [7, 11) is 0. The van der Waals surface area contributed by atoms with Crippen LogP contribution in [0.25, 0.3) is 0 Å². The minimum Gasteiger partial charge on any atom is -0.444 e. The second-order valence-electron chi connectivity index (χ2n) is 6.33. The average Bonchev–Trinajstić information content (AvgIpc) is 2.40. The number of amides is 1. The molecular formula is C14H22ClN5O2. The molecule has 1 aromatic rings. The van der Waals surface area contributed by atoms with E-state index in [1.54, 1.807) is 0 Å². The highest BCUT2D eigenvalue weighted by Crippen LogP contribution is 2.29. The zero-order valence-corrected chi connectivity index (χ0v) is 13.9. The van der Waals surface area contributed by atoms with Gasteiger partial charge in [0, 0.05) is 19.1 Å². The van der Waals surface area contributed by atoms with Gasteiger partial charge >= 0.3 is 6.09 Å². The van der Waals surface area contributed by atoms with E-state index in [0.717, 1.165) is 19.4 Å². The van der Waals surface area contributed by atoms with Crippen LogP contribution in [0.1, 0.15) is 33.6 Å². The van der Waals surface area contributed by atoms with Crippen molar-refractivity contribution in [1.82, 2.24) is 15.3 Å². The minimum atomic E-state index is -0.511. The van der Waals surface area contributed by atoms with Crippen molar-refractivity contribution in [2.24, 2.45) is 0 Å². The van der Waals surface area contributed by atoms with Gasteiger partial charge in [-0.3, -0.25) is 0 Å². The average molecular weight is 328 g/mol. The number of aromatic nitrogens is 2. The van der Waals surface area contributed by atoms with Crippen LogP contribution in [0.3, 0.4) is 0 Å². The molecule has 1 aliphatic rings. The molecule has 1 aromatic heterocycles. The minimum absolute atomic E-state index is 0.0177. The molecular weight excluding hydrogens is 306 g/mol. The number of nitrogens with one attached hydrogen (secondary N) is 1. The van der Waals surface area contributed by atoms with E-state index in [-0.39, 0.29) is 11.9 Å². The van der Waals surface area contributed by atoms with Gasteiger partial charge in [-0.15, -0.1) is 0 Å².